The quantitative estimate of drug-likeness (QED) is 0.880. The first-order valence-electron chi connectivity index (χ1n) is 6.57. The van der Waals surface area contributed by atoms with Crippen LogP contribution in [-0.4, -0.2) is 19.0 Å². The topological polar surface area (TPSA) is 47.6 Å². The van der Waals surface area contributed by atoms with E-state index in [-0.39, 0.29) is 12.7 Å². The van der Waals surface area contributed by atoms with Crippen molar-refractivity contribution < 1.29 is 14.3 Å². The maximum atomic E-state index is 12.2. The summed E-state index contributed by atoms with van der Waals surface area (Å²) in [4.78, 5) is 13.2. The molecule has 0 fully saturated rings. The monoisotopic (exact) mass is 301 g/mol. The fraction of sp³-hybridized carbons (Fsp3) is 0.188. The van der Waals surface area contributed by atoms with Crippen LogP contribution in [-0.2, 0) is 11.2 Å². The van der Waals surface area contributed by atoms with Crippen LogP contribution in [0.3, 0.4) is 0 Å². The van der Waals surface area contributed by atoms with Crippen LogP contribution in [0.5, 0.6) is 11.5 Å². The molecule has 0 atom stereocenters. The second kappa shape index (κ2) is 6.10. The molecule has 0 aromatic heterocycles. The SMILES string of the molecule is CSc1ccccc1NC(=O)Cc1ccc2c(c1)OCO2. The third-order valence-electron chi connectivity index (χ3n) is 3.18. The van der Waals surface area contributed by atoms with Gasteiger partial charge in [-0.15, -0.1) is 11.8 Å². The van der Waals surface area contributed by atoms with Crippen molar-refractivity contribution in [1.82, 2.24) is 0 Å². The lowest BCUT2D eigenvalue weighted by molar-refractivity contribution is -0.115. The number of hydrogen-bond donors (Lipinski definition) is 1. The molecule has 1 amide bonds. The molecular formula is C16H15NO3S. The molecule has 21 heavy (non-hydrogen) atoms. The molecule has 4 nitrogen and oxygen atoms in total. The van der Waals surface area contributed by atoms with Crippen LogP contribution in [0.25, 0.3) is 0 Å². The highest BCUT2D eigenvalue weighted by Gasteiger charge is 2.14. The molecule has 1 aliphatic rings. The van der Waals surface area contributed by atoms with Crippen molar-refractivity contribution in [2.24, 2.45) is 0 Å². The van der Waals surface area contributed by atoms with E-state index in [2.05, 4.69) is 5.32 Å². The number of fused-ring (bicyclic) bond motifs is 1. The Balaban J connectivity index is 1.69. The molecule has 0 spiro atoms. The Morgan fingerprint density at radius 1 is 1.19 bits per heavy atom. The summed E-state index contributed by atoms with van der Waals surface area (Å²) in [6, 6.07) is 13.3. The largest absolute Gasteiger partial charge is 0.454 e. The van der Waals surface area contributed by atoms with E-state index in [0.29, 0.717) is 12.2 Å². The first kappa shape index (κ1) is 13.8. The Hall–Kier alpha value is -2.14. The van der Waals surface area contributed by atoms with Gasteiger partial charge in [-0.1, -0.05) is 18.2 Å². The number of hydrogen-bond acceptors (Lipinski definition) is 4. The Morgan fingerprint density at radius 2 is 2.00 bits per heavy atom. The summed E-state index contributed by atoms with van der Waals surface area (Å²) < 4.78 is 10.6. The minimum atomic E-state index is -0.0460. The molecule has 1 heterocycles. The summed E-state index contributed by atoms with van der Waals surface area (Å²) in [6.45, 7) is 0.242. The van der Waals surface area contributed by atoms with Crippen LogP contribution >= 0.6 is 11.8 Å². The van der Waals surface area contributed by atoms with Crippen LogP contribution in [0.15, 0.2) is 47.4 Å². The van der Waals surface area contributed by atoms with Crippen LogP contribution in [0.2, 0.25) is 0 Å². The summed E-state index contributed by atoms with van der Waals surface area (Å²) >= 11 is 1.61. The molecular weight excluding hydrogens is 286 g/mol. The predicted octanol–water partition coefficient (Wildman–Crippen LogP) is 3.32. The average molecular weight is 301 g/mol. The Bertz CT molecular complexity index is 672. The zero-order valence-electron chi connectivity index (χ0n) is 11.6. The highest BCUT2D eigenvalue weighted by atomic mass is 32.2. The van der Waals surface area contributed by atoms with Crippen molar-refractivity contribution in [3.63, 3.8) is 0 Å². The number of ether oxygens (including phenoxy) is 2. The van der Waals surface area contributed by atoms with Crippen LogP contribution in [0.4, 0.5) is 5.69 Å². The second-order valence-corrected chi connectivity index (χ2v) is 5.46. The maximum Gasteiger partial charge on any atom is 0.231 e. The lowest BCUT2D eigenvalue weighted by Gasteiger charge is -2.09. The van der Waals surface area contributed by atoms with Gasteiger partial charge >= 0.3 is 0 Å². The zero-order valence-corrected chi connectivity index (χ0v) is 12.4. The van der Waals surface area contributed by atoms with Gasteiger partial charge in [-0.3, -0.25) is 4.79 Å². The van der Waals surface area contributed by atoms with Crippen LogP contribution in [0, 0.1) is 0 Å². The Morgan fingerprint density at radius 3 is 2.86 bits per heavy atom. The molecule has 0 saturated heterocycles. The average Bonchev–Trinajstić information content (AvgIpc) is 2.95. The van der Waals surface area contributed by atoms with Crippen molar-refractivity contribution in [2.75, 3.05) is 18.4 Å². The van der Waals surface area contributed by atoms with Gasteiger partial charge in [0, 0.05) is 4.90 Å². The van der Waals surface area contributed by atoms with E-state index < -0.39 is 0 Å². The van der Waals surface area contributed by atoms with E-state index in [1.807, 2.05) is 48.7 Å². The molecule has 1 aliphatic heterocycles. The molecule has 0 radical (unpaired) electrons. The second-order valence-electron chi connectivity index (χ2n) is 4.61. The summed E-state index contributed by atoms with van der Waals surface area (Å²) in [5.74, 6) is 1.38. The smallest absolute Gasteiger partial charge is 0.231 e. The molecule has 0 bridgehead atoms. The molecule has 3 rings (SSSR count). The molecule has 2 aromatic carbocycles. The molecule has 1 N–H and O–H groups in total. The number of carbonyl (C=O) groups excluding carboxylic acids is 1. The normalized spacial score (nSPS) is 12.2. The van der Waals surface area contributed by atoms with Gasteiger partial charge in [0.2, 0.25) is 12.7 Å². The van der Waals surface area contributed by atoms with E-state index in [1.165, 1.54) is 0 Å². The number of carbonyl (C=O) groups is 1. The third-order valence-corrected chi connectivity index (χ3v) is 3.98. The van der Waals surface area contributed by atoms with Crippen molar-refractivity contribution in [3.05, 3.63) is 48.0 Å². The molecule has 108 valence electrons. The Kier molecular flexibility index (Phi) is 4.01. The van der Waals surface area contributed by atoms with E-state index in [0.717, 1.165) is 21.9 Å². The van der Waals surface area contributed by atoms with Gasteiger partial charge in [-0.2, -0.15) is 0 Å². The number of benzene rings is 2. The van der Waals surface area contributed by atoms with Gasteiger partial charge < -0.3 is 14.8 Å². The van der Waals surface area contributed by atoms with E-state index in [1.54, 1.807) is 11.8 Å². The predicted molar refractivity (Wildman–Crippen MR) is 83.1 cm³/mol. The van der Waals surface area contributed by atoms with Crippen LogP contribution in [0.1, 0.15) is 5.56 Å². The third kappa shape index (κ3) is 3.13. The summed E-state index contributed by atoms with van der Waals surface area (Å²) in [7, 11) is 0. The fourth-order valence-corrected chi connectivity index (χ4v) is 2.73. The van der Waals surface area contributed by atoms with Crippen molar-refractivity contribution in [1.29, 1.82) is 0 Å². The van der Waals surface area contributed by atoms with E-state index in [4.69, 9.17) is 9.47 Å². The van der Waals surface area contributed by atoms with Crippen molar-refractivity contribution in [2.45, 2.75) is 11.3 Å². The van der Waals surface area contributed by atoms with Gasteiger partial charge in [0.25, 0.3) is 0 Å². The van der Waals surface area contributed by atoms with Gasteiger partial charge in [-0.05, 0) is 36.1 Å². The number of thioether (sulfide) groups is 1. The van der Waals surface area contributed by atoms with Crippen molar-refractivity contribution in [3.8, 4) is 11.5 Å². The van der Waals surface area contributed by atoms with E-state index in [9.17, 15) is 4.79 Å². The van der Waals surface area contributed by atoms with Gasteiger partial charge in [0.05, 0.1) is 12.1 Å². The lowest BCUT2D eigenvalue weighted by atomic mass is 10.1. The minimum absolute atomic E-state index is 0.0460. The van der Waals surface area contributed by atoms with Gasteiger partial charge in [0.15, 0.2) is 11.5 Å². The van der Waals surface area contributed by atoms with Gasteiger partial charge in [0.1, 0.15) is 0 Å². The highest BCUT2D eigenvalue weighted by Crippen LogP contribution is 2.32. The molecule has 0 saturated carbocycles. The molecule has 2 aromatic rings. The van der Waals surface area contributed by atoms with Gasteiger partial charge in [-0.25, -0.2) is 0 Å². The number of amides is 1. The number of para-hydroxylation sites is 1. The number of rotatable bonds is 4. The highest BCUT2D eigenvalue weighted by molar-refractivity contribution is 7.98. The summed E-state index contributed by atoms with van der Waals surface area (Å²) in [6.07, 6.45) is 2.29. The molecule has 5 heteroatoms. The van der Waals surface area contributed by atoms with Crippen LogP contribution < -0.4 is 14.8 Å². The lowest BCUT2D eigenvalue weighted by Crippen LogP contribution is -2.14. The summed E-state index contributed by atoms with van der Waals surface area (Å²) in [5.41, 5.74) is 1.74. The zero-order chi connectivity index (χ0) is 14.7. The maximum absolute atomic E-state index is 12.2. The first-order chi connectivity index (χ1) is 10.3. The first-order valence-corrected chi connectivity index (χ1v) is 7.80. The molecule has 0 aliphatic carbocycles. The number of anilines is 1. The molecule has 0 unspecified atom stereocenters. The van der Waals surface area contributed by atoms with Crippen molar-refractivity contribution >= 4 is 23.4 Å². The van der Waals surface area contributed by atoms with E-state index >= 15 is 0 Å². The Labute approximate surface area is 127 Å². The minimum Gasteiger partial charge on any atom is -0.454 e. The number of nitrogens with one attached hydrogen (secondary N) is 1. The fourth-order valence-electron chi connectivity index (χ4n) is 2.18. The summed E-state index contributed by atoms with van der Waals surface area (Å²) in [5, 5.41) is 2.95. The standard InChI is InChI=1S/C16H15NO3S/c1-21-15-5-3-2-4-12(15)17-16(18)9-11-6-7-13-14(8-11)20-10-19-13/h2-8H,9-10H2,1H3,(H,17,18).